The van der Waals surface area contributed by atoms with Crippen molar-refractivity contribution in [2.24, 2.45) is 0 Å². The molecule has 3 rings (SSSR count). The van der Waals surface area contributed by atoms with Crippen LogP contribution in [0.3, 0.4) is 0 Å². The van der Waals surface area contributed by atoms with Gasteiger partial charge in [0.1, 0.15) is 11.6 Å². The average molecular weight is 316 g/mol. The highest BCUT2D eigenvalue weighted by Gasteiger charge is 2.17. The number of benzene rings is 2. The zero-order valence-corrected chi connectivity index (χ0v) is 12.7. The van der Waals surface area contributed by atoms with Crippen LogP contribution < -0.4 is 10.2 Å². The number of hydrogen-bond donors (Lipinski definition) is 1. The van der Waals surface area contributed by atoms with Crippen LogP contribution in [0.4, 0.5) is 20.2 Å². The molecule has 1 amide bonds. The molecule has 0 unspecified atom stereocenters. The first-order chi connectivity index (χ1) is 11.1. The lowest BCUT2D eigenvalue weighted by Gasteiger charge is -2.30. The lowest BCUT2D eigenvalue weighted by Crippen LogP contribution is -2.30. The molecule has 5 heteroatoms. The molecular weight excluding hydrogens is 298 g/mol. The van der Waals surface area contributed by atoms with E-state index < -0.39 is 11.6 Å². The topological polar surface area (TPSA) is 32.3 Å². The van der Waals surface area contributed by atoms with E-state index in [9.17, 15) is 13.6 Å². The number of rotatable bonds is 3. The lowest BCUT2D eigenvalue weighted by atomic mass is 10.1. The largest absolute Gasteiger partial charge is 0.370 e. The van der Waals surface area contributed by atoms with Crippen molar-refractivity contribution in [1.29, 1.82) is 0 Å². The minimum Gasteiger partial charge on any atom is -0.370 e. The molecule has 120 valence electrons. The smallest absolute Gasteiger partial charge is 0.255 e. The fourth-order valence-electron chi connectivity index (χ4n) is 2.81. The first-order valence-electron chi connectivity index (χ1n) is 7.75. The molecule has 0 bridgehead atoms. The summed E-state index contributed by atoms with van der Waals surface area (Å²) in [6.07, 6.45) is 3.36. The molecule has 1 heterocycles. The Morgan fingerprint density at radius 1 is 0.913 bits per heavy atom. The van der Waals surface area contributed by atoms with E-state index in [2.05, 4.69) is 10.2 Å². The molecule has 1 fully saturated rings. The fraction of sp³-hybridized carbons (Fsp3) is 0.278. The molecule has 0 radical (unpaired) electrons. The summed E-state index contributed by atoms with van der Waals surface area (Å²) in [7, 11) is 0. The van der Waals surface area contributed by atoms with Gasteiger partial charge in [-0.05, 0) is 61.7 Å². The molecule has 0 aliphatic carbocycles. The van der Waals surface area contributed by atoms with Gasteiger partial charge >= 0.3 is 0 Å². The second-order valence-electron chi connectivity index (χ2n) is 5.67. The van der Waals surface area contributed by atoms with Crippen molar-refractivity contribution in [2.75, 3.05) is 23.3 Å². The molecule has 0 saturated carbocycles. The van der Waals surface area contributed by atoms with E-state index in [-0.39, 0.29) is 5.91 Å². The van der Waals surface area contributed by atoms with Gasteiger partial charge in [0.05, 0.1) is 11.4 Å². The maximum atomic E-state index is 13.6. The summed E-state index contributed by atoms with van der Waals surface area (Å²) < 4.78 is 26.5. The van der Waals surface area contributed by atoms with Gasteiger partial charge in [0.25, 0.3) is 5.91 Å². The quantitative estimate of drug-likeness (QED) is 0.920. The number of carbonyl (C=O) groups is 1. The predicted octanol–water partition coefficient (Wildman–Crippen LogP) is 4.21. The van der Waals surface area contributed by atoms with Gasteiger partial charge in [0.2, 0.25) is 0 Å². The second kappa shape index (κ2) is 6.77. The van der Waals surface area contributed by atoms with Crippen LogP contribution in [0.2, 0.25) is 0 Å². The molecule has 0 spiro atoms. The normalized spacial score (nSPS) is 14.6. The SMILES string of the molecule is O=C(Nc1cc(F)ccc1N1CCCCC1)c1ccc(F)cc1. The van der Waals surface area contributed by atoms with Crippen LogP contribution in [0.5, 0.6) is 0 Å². The number of nitrogens with one attached hydrogen (secondary N) is 1. The van der Waals surface area contributed by atoms with Gasteiger partial charge in [-0.2, -0.15) is 0 Å². The van der Waals surface area contributed by atoms with Crippen LogP contribution in [0, 0.1) is 11.6 Å². The van der Waals surface area contributed by atoms with Gasteiger partial charge in [0, 0.05) is 18.7 Å². The van der Waals surface area contributed by atoms with Crippen molar-refractivity contribution in [1.82, 2.24) is 0 Å². The van der Waals surface area contributed by atoms with E-state index in [0.29, 0.717) is 11.3 Å². The number of piperidine rings is 1. The van der Waals surface area contributed by atoms with Crippen LogP contribution in [0.25, 0.3) is 0 Å². The highest BCUT2D eigenvalue weighted by molar-refractivity contribution is 6.05. The van der Waals surface area contributed by atoms with Crippen LogP contribution in [0.15, 0.2) is 42.5 Å². The monoisotopic (exact) mass is 316 g/mol. The van der Waals surface area contributed by atoms with Crippen LogP contribution in [-0.4, -0.2) is 19.0 Å². The van der Waals surface area contributed by atoms with Crippen molar-refractivity contribution in [3.63, 3.8) is 0 Å². The van der Waals surface area contributed by atoms with Gasteiger partial charge in [-0.1, -0.05) is 0 Å². The van der Waals surface area contributed by atoms with Crippen molar-refractivity contribution in [3.05, 3.63) is 59.7 Å². The van der Waals surface area contributed by atoms with E-state index in [4.69, 9.17) is 0 Å². The summed E-state index contributed by atoms with van der Waals surface area (Å²) in [5.74, 6) is -1.18. The third-order valence-electron chi connectivity index (χ3n) is 4.01. The molecule has 2 aromatic rings. The number of carbonyl (C=O) groups excluding carboxylic acids is 1. The minimum atomic E-state index is -0.403. The molecule has 1 saturated heterocycles. The van der Waals surface area contributed by atoms with Crippen molar-refractivity contribution in [3.8, 4) is 0 Å². The highest BCUT2D eigenvalue weighted by atomic mass is 19.1. The number of nitrogens with zero attached hydrogens (tertiary/aromatic N) is 1. The molecule has 1 aliphatic rings. The highest BCUT2D eigenvalue weighted by Crippen LogP contribution is 2.29. The van der Waals surface area contributed by atoms with Crippen molar-refractivity contribution >= 4 is 17.3 Å². The zero-order valence-electron chi connectivity index (χ0n) is 12.7. The second-order valence-corrected chi connectivity index (χ2v) is 5.67. The Balaban J connectivity index is 1.84. The average Bonchev–Trinajstić information content (AvgIpc) is 2.56. The standard InChI is InChI=1S/C18H18F2N2O/c19-14-6-4-13(5-7-14)18(23)21-16-12-15(20)8-9-17(16)22-10-2-1-3-11-22/h4-9,12H,1-3,10-11H2,(H,21,23). The molecule has 1 N–H and O–H groups in total. The Bertz CT molecular complexity index is 695. The fourth-order valence-corrected chi connectivity index (χ4v) is 2.81. The Morgan fingerprint density at radius 3 is 2.26 bits per heavy atom. The lowest BCUT2D eigenvalue weighted by molar-refractivity contribution is 0.102. The third kappa shape index (κ3) is 3.67. The molecule has 3 nitrogen and oxygen atoms in total. The van der Waals surface area contributed by atoms with Crippen molar-refractivity contribution < 1.29 is 13.6 Å². The molecule has 23 heavy (non-hydrogen) atoms. The Morgan fingerprint density at radius 2 is 1.57 bits per heavy atom. The van der Waals surface area contributed by atoms with Crippen LogP contribution in [-0.2, 0) is 0 Å². The maximum absolute atomic E-state index is 13.6. The van der Waals surface area contributed by atoms with Gasteiger partial charge < -0.3 is 10.2 Å². The van der Waals surface area contributed by atoms with E-state index >= 15 is 0 Å². The van der Waals surface area contributed by atoms with E-state index in [1.54, 1.807) is 6.07 Å². The molecular formula is C18H18F2N2O. The summed E-state index contributed by atoms with van der Waals surface area (Å²) in [5, 5.41) is 2.74. The summed E-state index contributed by atoms with van der Waals surface area (Å²) in [5.41, 5.74) is 1.60. The Hall–Kier alpha value is -2.43. The van der Waals surface area contributed by atoms with Crippen LogP contribution >= 0.6 is 0 Å². The zero-order chi connectivity index (χ0) is 16.2. The summed E-state index contributed by atoms with van der Waals surface area (Å²) in [6, 6.07) is 9.69. The molecule has 1 aliphatic heterocycles. The van der Waals surface area contributed by atoms with Crippen LogP contribution in [0.1, 0.15) is 29.6 Å². The number of hydrogen-bond acceptors (Lipinski definition) is 2. The minimum absolute atomic E-state index is 0.334. The van der Waals surface area contributed by atoms with Gasteiger partial charge in [-0.15, -0.1) is 0 Å². The summed E-state index contributed by atoms with van der Waals surface area (Å²) >= 11 is 0. The van der Waals surface area contributed by atoms with Gasteiger partial charge in [-0.3, -0.25) is 4.79 Å². The molecule has 2 aromatic carbocycles. The third-order valence-corrected chi connectivity index (χ3v) is 4.01. The Labute approximate surface area is 133 Å². The van der Waals surface area contributed by atoms with Gasteiger partial charge in [-0.25, -0.2) is 8.78 Å². The first-order valence-corrected chi connectivity index (χ1v) is 7.75. The van der Waals surface area contributed by atoms with E-state index in [1.165, 1.54) is 42.8 Å². The summed E-state index contributed by atoms with van der Waals surface area (Å²) in [4.78, 5) is 14.5. The molecule has 0 aromatic heterocycles. The number of anilines is 2. The summed E-state index contributed by atoms with van der Waals surface area (Å²) in [6.45, 7) is 1.79. The molecule has 0 atom stereocenters. The van der Waals surface area contributed by atoms with E-state index in [0.717, 1.165) is 31.6 Å². The Kier molecular flexibility index (Phi) is 4.55. The number of halogens is 2. The van der Waals surface area contributed by atoms with Gasteiger partial charge in [0.15, 0.2) is 0 Å². The van der Waals surface area contributed by atoms with Crippen molar-refractivity contribution in [2.45, 2.75) is 19.3 Å². The first kappa shape index (κ1) is 15.5. The van der Waals surface area contributed by atoms with E-state index in [1.807, 2.05) is 0 Å². The maximum Gasteiger partial charge on any atom is 0.255 e. The number of amides is 1. The predicted molar refractivity (Wildman–Crippen MR) is 86.8 cm³/mol.